The smallest absolute Gasteiger partial charge is 0.283 e. The summed E-state index contributed by atoms with van der Waals surface area (Å²) in [5, 5.41) is 3.22. The van der Waals surface area contributed by atoms with Crippen molar-refractivity contribution in [1.82, 2.24) is 29.2 Å². The number of nitrogens with zero attached hydrogens (tertiary/aromatic N) is 4. The number of carbonyl (C=O) groups excluding carboxylic acids is 1. The van der Waals surface area contributed by atoms with Gasteiger partial charge in [-0.3, -0.25) is 9.59 Å². The lowest BCUT2D eigenvalue weighted by molar-refractivity contribution is 0.0741. The van der Waals surface area contributed by atoms with Crippen molar-refractivity contribution in [2.45, 2.75) is 67.2 Å². The molecule has 1 aliphatic heterocycles. The van der Waals surface area contributed by atoms with Crippen LogP contribution in [0.5, 0.6) is 0 Å². The zero-order valence-corrected chi connectivity index (χ0v) is 24.3. The summed E-state index contributed by atoms with van der Waals surface area (Å²) in [7, 11) is 1.88. The minimum Gasteiger partial charge on any atom is -0.355 e. The summed E-state index contributed by atoms with van der Waals surface area (Å²) in [6, 6.07) is 7.37. The first-order chi connectivity index (χ1) is 18.3. The van der Waals surface area contributed by atoms with Crippen LogP contribution in [-0.4, -0.2) is 55.9 Å². The second-order valence-corrected chi connectivity index (χ2v) is 10.7. The second kappa shape index (κ2) is 13.6. The molecule has 1 aliphatic rings. The molecule has 0 saturated carbocycles. The van der Waals surface area contributed by atoms with Crippen molar-refractivity contribution in [2.75, 3.05) is 26.2 Å². The summed E-state index contributed by atoms with van der Waals surface area (Å²) in [6.45, 7) is 16.7. The quantitative estimate of drug-likeness (QED) is 0.331. The zero-order valence-electron chi connectivity index (χ0n) is 24.3. The van der Waals surface area contributed by atoms with Gasteiger partial charge in [-0.25, -0.2) is 9.38 Å². The Balaban J connectivity index is 0.000000504. The van der Waals surface area contributed by atoms with E-state index in [0.717, 1.165) is 37.0 Å². The fourth-order valence-corrected chi connectivity index (χ4v) is 4.60. The third-order valence-electron chi connectivity index (χ3n) is 6.88. The molecule has 2 N–H and O–H groups in total. The lowest BCUT2D eigenvalue weighted by Crippen LogP contribution is -2.34. The molecule has 4 aromatic rings. The molecule has 1 saturated heterocycles. The molecule has 8 heteroatoms. The maximum Gasteiger partial charge on any atom is 0.283 e. The van der Waals surface area contributed by atoms with Gasteiger partial charge < -0.3 is 19.8 Å². The summed E-state index contributed by atoms with van der Waals surface area (Å²) in [5.74, 6) is 1.68. The van der Waals surface area contributed by atoms with E-state index in [4.69, 9.17) is 0 Å². The summed E-state index contributed by atoms with van der Waals surface area (Å²) < 4.78 is 3.49. The van der Waals surface area contributed by atoms with Gasteiger partial charge >= 0.3 is 0 Å². The Hall–Kier alpha value is -3.13. The highest BCUT2D eigenvalue weighted by Gasteiger charge is 2.20. The van der Waals surface area contributed by atoms with Gasteiger partial charge in [0.15, 0.2) is 0 Å². The van der Waals surface area contributed by atoms with Crippen molar-refractivity contribution in [2.24, 2.45) is 18.9 Å². The van der Waals surface area contributed by atoms with Gasteiger partial charge in [0.2, 0.25) is 5.78 Å². The number of fused-ring (bicyclic) bond motifs is 4. The van der Waals surface area contributed by atoms with Crippen LogP contribution in [0, 0.1) is 11.8 Å². The van der Waals surface area contributed by atoms with Crippen LogP contribution >= 0.6 is 0 Å². The number of hydrogen-bond acceptors (Lipinski definition) is 4. The maximum atomic E-state index is 13.4. The van der Waals surface area contributed by atoms with Gasteiger partial charge in [-0.2, -0.15) is 0 Å². The molecule has 38 heavy (non-hydrogen) atoms. The molecule has 0 bridgehead atoms. The molecule has 1 amide bonds. The Morgan fingerprint density at radius 3 is 2.18 bits per heavy atom. The van der Waals surface area contributed by atoms with Crippen molar-refractivity contribution in [3.8, 4) is 0 Å². The van der Waals surface area contributed by atoms with Crippen LogP contribution in [0.3, 0.4) is 0 Å². The summed E-state index contributed by atoms with van der Waals surface area (Å²) in [6.07, 6.45) is 6.46. The second-order valence-electron chi connectivity index (χ2n) is 10.7. The number of aromatic nitrogens is 4. The minimum absolute atomic E-state index is 0.0425. The monoisotopic (exact) mass is 522 g/mol. The lowest BCUT2D eigenvalue weighted by Gasteiger charge is -2.24. The van der Waals surface area contributed by atoms with Gasteiger partial charge in [0.1, 0.15) is 5.52 Å². The number of amides is 1. The fraction of sp³-hybridized carbons (Fsp3) is 0.567. The van der Waals surface area contributed by atoms with Crippen LogP contribution in [0.15, 0.2) is 35.3 Å². The van der Waals surface area contributed by atoms with E-state index in [1.807, 2.05) is 48.6 Å². The molecule has 8 nitrogen and oxygen atoms in total. The van der Waals surface area contributed by atoms with E-state index in [1.165, 1.54) is 25.9 Å². The predicted octanol–water partition coefficient (Wildman–Crippen LogP) is 5.60. The number of aryl methyl sites for hydroxylation is 1. The Bertz CT molecular complexity index is 1370. The van der Waals surface area contributed by atoms with Crippen LogP contribution in [0.4, 0.5) is 0 Å². The van der Waals surface area contributed by atoms with Crippen molar-refractivity contribution < 1.29 is 4.79 Å². The lowest BCUT2D eigenvalue weighted by atomic mass is 10.1. The van der Waals surface area contributed by atoms with Crippen molar-refractivity contribution in [3.05, 3.63) is 46.4 Å². The molecule has 0 radical (unpaired) electrons. The Morgan fingerprint density at radius 1 is 1.00 bits per heavy atom. The minimum atomic E-state index is -0.134. The third-order valence-corrected chi connectivity index (χ3v) is 6.88. The van der Waals surface area contributed by atoms with E-state index in [-0.39, 0.29) is 11.5 Å². The molecule has 0 spiro atoms. The SMILES string of the molecule is C1CCNC1.CC.CC(C)CCN(CCC(C)C)C(=O)c1ccc2c(c1)n(C)c1nc3cc[nH]c3c(=O)n21. The molecule has 0 atom stereocenters. The van der Waals surface area contributed by atoms with E-state index in [2.05, 4.69) is 43.0 Å². The Morgan fingerprint density at radius 2 is 1.63 bits per heavy atom. The predicted molar refractivity (Wildman–Crippen MR) is 158 cm³/mol. The third kappa shape index (κ3) is 6.65. The van der Waals surface area contributed by atoms with E-state index in [1.54, 1.807) is 16.7 Å². The molecule has 1 aromatic carbocycles. The number of imidazole rings is 1. The van der Waals surface area contributed by atoms with Crippen molar-refractivity contribution in [3.63, 3.8) is 0 Å². The molecule has 4 heterocycles. The summed E-state index contributed by atoms with van der Waals surface area (Å²) in [5.41, 5.74) is 3.20. The number of benzene rings is 1. The zero-order chi connectivity index (χ0) is 27.8. The largest absolute Gasteiger partial charge is 0.355 e. The van der Waals surface area contributed by atoms with E-state index < -0.39 is 0 Å². The first kappa shape index (κ1) is 29.4. The average molecular weight is 523 g/mol. The number of aromatic amines is 1. The number of nitrogens with one attached hydrogen (secondary N) is 2. The number of carbonyl (C=O) groups is 1. The van der Waals surface area contributed by atoms with E-state index in [9.17, 15) is 9.59 Å². The highest BCUT2D eigenvalue weighted by atomic mass is 16.2. The first-order valence-corrected chi connectivity index (χ1v) is 14.3. The van der Waals surface area contributed by atoms with Gasteiger partial charge in [0.05, 0.1) is 16.6 Å². The van der Waals surface area contributed by atoms with Crippen LogP contribution < -0.4 is 10.9 Å². The highest BCUT2D eigenvalue weighted by Crippen LogP contribution is 2.22. The normalized spacial score (nSPS) is 13.2. The average Bonchev–Trinajstić information content (AvgIpc) is 3.68. The Labute approximate surface area is 226 Å². The van der Waals surface area contributed by atoms with Crippen molar-refractivity contribution >= 4 is 33.8 Å². The van der Waals surface area contributed by atoms with Gasteiger partial charge in [0.25, 0.3) is 11.5 Å². The molecule has 0 aliphatic carbocycles. The van der Waals surface area contributed by atoms with Crippen LogP contribution in [-0.2, 0) is 7.05 Å². The van der Waals surface area contributed by atoms with Crippen LogP contribution in [0.2, 0.25) is 0 Å². The van der Waals surface area contributed by atoms with Gasteiger partial charge in [-0.1, -0.05) is 41.5 Å². The number of hydrogen-bond donors (Lipinski definition) is 2. The van der Waals surface area contributed by atoms with Gasteiger partial charge in [-0.05, 0) is 74.9 Å². The highest BCUT2D eigenvalue weighted by molar-refractivity contribution is 5.98. The van der Waals surface area contributed by atoms with Crippen molar-refractivity contribution in [1.29, 1.82) is 0 Å². The summed E-state index contributed by atoms with van der Waals surface area (Å²) >= 11 is 0. The summed E-state index contributed by atoms with van der Waals surface area (Å²) in [4.78, 5) is 36.0. The first-order valence-electron chi connectivity index (χ1n) is 14.3. The molecular formula is C30H46N6O2. The van der Waals surface area contributed by atoms with Crippen LogP contribution in [0.1, 0.15) is 77.6 Å². The Kier molecular flexibility index (Phi) is 10.5. The number of H-pyrrole nitrogens is 1. The topological polar surface area (TPSA) is 87.4 Å². The van der Waals surface area contributed by atoms with E-state index >= 15 is 0 Å². The molecular weight excluding hydrogens is 476 g/mol. The molecule has 0 unspecified atom stereocenters. The molecule has 208 valence electrons. The maximum absolute atomic E-state index is 13.4. The fourth-order valence-electron chi connectivity index (χ4n) is 4.60. The van der Waals surface area contributed by atoms with E-state index in [0.29, 0.717) is 34.2 Å². The van der Waals surface area contributed by atoms with Gasteiger partial charge in [-0.15, -0.1) is 0 Å². The standard InChI is InChI=1S/C24H31N5O2.C4H9N.C2H6/c1-15(2)9-12-28(13-10-16(3)4)22(30)17-6-7-19-20(14-17)27(5)24-26-18-8-11-25-21(18)23(31)29(19)24;1-2-4-5-3-1;1-2/h6-8,11,14-16,25H,9-10,12-13H2,1-5H3;5H,1-4H2;1-2H3. The molecule has 3 aromatic heterocycles. The van der Waals surface area contributed by atoms with Gasteiger partial charge in [0, 0.05) is 31.9 Å². The number of rotatable bonds is 7. The van der Waals surface area contributed by atoms with Crippen LogP contribution in [0.25, 0.3) is 27.8 Å². The molecule has 1 fully saturated rings. The molecule has 5 rings (SSSR count).